The number of nitrogens with one attached hydrogen (secondary N) is 1. The maximum atomic E-state index is 9.23. The second kappa shape index (κ2) is 7.97. The molecular weight excluding hydrogens is 178 g/mol. The number of methoxy groups -OCH3 is 1. The van der Waals surface area contributed by atoms with Crippen LogP contribution in [0.4, 0.5) is 0 Å². The Morgan fingerprint density at radius 1 is 1.57 bits per heavy atom. The van der Waals surface area contributed by atoms with E-state index in [-0.39, 0.29) is 12.6 Å². The third-order valence-electron chi connectivity index (χ3n) is 2.62. The Morgan fingerprint density at radius 3 is 2.57 bits per heavy atom. The Labute approximate surface area is 87.2 Å². The van der Waals surface area contributed by atoms with Gasteiger partial charge in [0.05, 0.1) is 13.2 Å². The van der Waals surface area contributed by atoms with Gasteiger partial charge in [-0.1, -0.05) is 26.3 Å². The molecule has 0 radical (unpaired) electrons. The monoisotopic (exact) mass is 201 g/mol. The molecule has 0 aromatic rings. The van der Waals surface area contributed by atoms with Gasteiger partial charge in [0.2, 0.25) is 0 Å². The summed E-state index contributed by atoms with van der Waals surface area (Å²) >= 11 is 0. The van der Waals surface area contributed by atoms with Crippen LogP contribution in [0.1, 0.15) is 20.3 Å². The Kier molecular flexibility index (Phi) is 7.76. The molecule has 2 N–H and O–H groups in total. The van der Waals surface area contributed by atoms with E-state index in [9.17, 15) is 5.11 Å². The highest BCUT2D eigenvalue weighted by Crippen LogP contribution is 2.15. The lowest BCUT2D eigenvalue weighted by molar-refractivity contribution is 0.229. The first-order valence-corrected chi connectivity index (χ1v) is 5.17. The van der Waals surface area contributed by atoms with Crippen molar-refractivity contribution >= 4 is 0 Å². The average Bonchev–Trinajstić information content (AvgIpc) is 2.23. The van der Waals surface area contributed by atoms with Crippen LogP contribution in [0.15, 0.2) is 11.6 Å². The van der Waals surface area contributed by atoms with Crippen LogP contribution in [0.5, 0.6) is 0 Å². The van der Waals surface area contributed by atoms with Crippen molar-refractivity contribution in [3.8, 4) is 0 Å². The molecular formula is C11H23NO2. The first-order valence-electron chi connectivity index (χ1n) is 5.17. The zero-order valence-corrected chi connectivity index (χ0v) is 9.71. The number of rotatable bonds is 7. The number of hydrogen-bond acceptors (Lipinski definition) is 3. The van der Waals surface area contributed by atoms with E-state index in [4.69, 9.17) is 4.74 Å². The molecule has 0 saturated carbocycles. The van der Waals surface area contributed by atoms with Gasteiger partial charge in [0, 0.05) is 13.2 Å². The van der Waals surface area contributed by atoms with Crippen molar-refractivity contribution in [3.05, 3.63) is 11.6 Å². The molecule has 2 atom stereocenters. The molecule has 0 amide bonds. The average molecular weight is 201 g/mol. The summed E-state index contributed by atoms with van der Waals surface area (Å²) in [6.45, 7) is 4.99. The zero-order chi connectivity index (χ0) is 11.0. The Hall–Kier alpha value is -0.380. The van der Waals surface area contributed by atoms with E-state index in [0.29, 0.717) is 12.5 Å². The third kappa shape index (κ3) is 4.22. The van der Waals surface area contributed by atoms with E-state index in [1.54, 1.807) is 7.11 Å². The van der Waals surface area contributed by atoms with E-state index in [2.05, 4.69) is 19.2 Å². The van der Waals surface area contributed by atoms with E-state index < -0.39 is 0 Å². The predicted octanol–water partition coefficient (Wildman–Crippen LogP) is 1.19. The molecule has 0 spiro atoms. The summed E-state index contributed by atoms with van der Waals surface area (Å²) < 4.78 is 4.97. The molecule has 84 valence electrons. The Morgan fingerprint density at radius 2 is 2.21 bits per heavy atom. The minimum Gasteiger partial charge on any atom is -0.392 e. The summed E-state index contributed by atoms with van der Waals surface area (Å²) in [5.74, 6) is 0.523. The van der Waals surface area contributed by atoms with Crippen molar-refractivity contribution in [3.63, 3.8) is 0 Å². The molecule has 3 nitrogen and oxygen atoms in total. The lowest BCUT2D eigenvalue weighted by atomic mass is 9.92. The first kappa shape index (κ1) is 13.6. The van der Waals surface area contributed by atoms with Gasteiger partial charge in [0.15, 0.2) is 0 Å². The predicted molar refractivity (Wildman–Crippen MR) is 59.3 cm³/mol. The molecule has 0 fully saturated rings. The van der Waals surface area contributed by atoms with Crippen molar-refractivity contribution in [1.29, 1.82) is 0 Å². The molecule has 0 heterocycles. The Bertz CT molecular complexity index is 169. The summed E-state index contributed by atoms with van der Waals surface area (Å²) in [5, 5.41) is 12.5. The lowest BCUT2D eigenvalue weighted by Crippen LogP contribution is -2.35. The molecule has 0 bridgehead atoms. The van der Waals surface area contributed by atoms with E-state index in [0.717, 1.165) is 12.0 Å². The number of aliphatic hydroxyl groups is 1. The van der Waals surface area contributed by atoms with Gasteiger partial charge in [-0.25, -0.2) is 0 Å². The van der Waals surface area contributed by atoms with Crippen molar-refractivity contribution in [2.45, 2.75) is 26.3 Å². The van der Waals surface area contributed by atoms with Crippen LogP contribution in [0, 0.1) is 5.92 Å². The fourth-order valence-corrected chi connectivity index (χ4v) is 1.55. The van der Waals surface area contributed by atoms with E-state index in [1.807, 2.05) is 13.1 Å². The lowest BCUT2D eigenvalue weighted by Gasteiger charge is -2.24. The maximum absolute atomic E-state index is 9.23. The second-order valence-electron chi connectivity index (χ2n) is 3.54. The highest BCUT2D eigenvalue weighted by Gasteiger charge is 2.17. The van der Waals surface area contributed by atoms with Gasteiger partial charge >= 0.3 is 0 Å². The third-order valence-corrected chi connectivity index (χ3v) is 2.62. The van der Waals surface area contributed by atoms with Gasteiger partial charge in [-0.3, -0.25) is 0 Å². The Balaban J connectivity index is 4.43. The normalized spacial score (nSPS) is 16.8. The van der Waals surface area contributed by atoms with Gasteiger partial charge in [0.25, 0.3) is 0 Å². The number of likely N-dealkylation sites (N-methyl/N-ethyl adjacent to an activating group) is 1. The molecule has 0 aliphatic carbocycles. The first-order chi connectivity index (χ1) is 6.71. The quantitative estimate of drug-likeness (QED) is 0.608. The number of hydrogen-bond donors (Lipinski definition) is 2. The minimum atomic E-state index is 0.0964. The van der Waals surface area contributed by atoms with Crippen molar-refractivity contribution < 1.29 is 9.84 Å². The smallest absolute Gasteiger partial charge is 0.0657 e. The van der Waals surface area contributed by atoms with E-state index in [1.165, 1.54) is 0 Å². The second-order valence-corrected chi connectivity index (χ2v) is 3.54. The number of aliphatic hydroxyl groups excluding tert-OH is 1. The van der Waals surface area contributed by atoms with Crippen molar-refractivity contribution in [2.75, 3.05) is 27.4 Å². The van der Waals surface area contributed by atoms with Crippen LogP contribution < -0.4 is 5.32 Å². The summed E-state index contributed by atoms with van der Waals surface area (Å²) in [6.07, 6.45) is 3.04. The summed E-state index contributed by atoms with van der Waals surface area (Å²) in [6, 6.07) is 0.250. The van der Waals surface area contributed by atoms with Gasteiger partial charge in [0.1, 0.15) is 0 Å². The van der Waals surface area contributed by atoms with Crippen LogP contribution in [-0.2, 0) is 4.74 Å². The molecule has 14 heavy (non-hydrogen) atoms. The minimum absolute atomic E-state index is 0.0964. The molecule has 0 aliphatic heterocycles. The standard InChI is InChI=1S/C11H23NO2/c1-5-9(2)11(12-3)10(8-13)6-7-14-4/h6,9,11-13H,5,7-8H2,1-4H3/b10-6+. The molecule has 2 unspecified atom stereocenters. The highest BCUT2D eigenvalue weighted by atomic mass is 16.5. The van der Waals surface area contributed by atoms with Gasteiger partial charge < -0.3 is 15.2 Å². The molecule has 0 saturated heterocycles. The van der Waals surface area contributed by atoms with Crippen molar-refractivity contribution in [2.24, 2.45) is 5.92 Å². The molecule has 3 heteroatoms. The fraction of sp³-hybridized carbons (Fsp3) is 0.818. The fourth-order valence-electron chi connectivity index (χ4n) is 1.55. The maximum Gasteiger partial charge on any atom is 0.0657 e. The van der Waals surface area contributed by atoms with Crippen LogP contribution in [-0.4, -0.2) is 38.5 Å². The van der Waals surface area contributed by atoms with Gasteiger partial charge in [-0.05, 0) is 18.5 Å². The van der Waals surface area contributed by atoms with E-state index >= 15 is 0 Å². The van der Waals surface area contributed by atoms with Crippen LogP contribution in [0.25, 0.3) is 0 Å². The van der Waals surface area contributed by atoms with Crippen LogP contribution >= 0.6 is 0 Å². The molecule has 0 aliphatic rings. The van der Waals surface area contributed by atoms with Crippen molar-refractivity contribution in [1.82, 2.24) is 5.32 Å². The zero-order valence-electron chi connectivity index (χ0n) is 9.71. The summed E-state index contributed by atoms with van der Waals surface area (Å²) in [5.41, 5.74) is 1.02. The van der Waals surface area contributed by atoms with Crippen LogP contribution in [0.2, 0.25) is 0 Å². The molecule has 0 aromatic carbocycles. The molecule has 0 rings (SSSR count). The summed E-state index contributed by atoms with van der Waals surface area (Å²) in [7, 11) is 3.58. The highest BCUT2D eigenvalue weighted by molar-refractivity contribution is 5.12. The largest absolute Gasteiger partial charge is 0.392 e. The SMILES string of the molecule is CCC(C)C(NC)/C(=C/COC)CO. The number of ether oxygens (including phenoxy) is 1. The topological polar surface area (TPSA) is 41.5 Å². The summed E-state index contributed by atoms with van der Waals surface area (Å²) in [4.78, 5) is 0. The van der Waals surface area contributed by atoms with Crippen LogP contribution in [0.3, 0.4) is 0 Å². The van der Waals surface area contributed by atoms with Gasteiger partial charge in [-0.2, -0.15) is 0 Å². The van der Waals surface area contributed by atoms with Gasteiger partial charge in [-0.15, -0.1) is 0 Å². The molecule has 0 aromatic heterocycles.